The normalized spacial score (nSPS) is 12.5. The van der Waals surface area contributed by atoms with Gasteiger partial charge < -0.3 is 0 Å². The number of hydrogen-bond donors (Lipinski definition) is 0. The molecule has 0 saturated heterocycles. The fourth-order valence-electron chi connectivity index (χ4n) is 1.63. The van der Waals surface area contributed by atoms with Gasteiger partial charge in [-0.25, -0.2) is 13.2 Å². The fraction of sp³-hybridized carbons (Fsp3) is 0.0769. The average Bonchev–Trinajstić information content (AvgIpc) is 2.27. The van der Waals surface area contributed by atoms with Crippen LogP contribution in [0, 0.1) is 17.5 Å². The Balaban J connectivity index is 2.49. The van der Waals surface area contributed by atoms with Crippen LogP contribution in [0.3, 0.4) is 0 Å². The van der Waals surface area contributed by atoms with E-state index in [2.05, 4.69) is 15.9 Å². The summed E-state index contributed by atoms with van der Waals surface area (Å²) >= 11 is 9.01. The second kappa shape index (κ2) is 5.33. The SMILES string of the molecule is Fc1cc(F)c(C(Br)c2cccc(Cl)c2)c(F)c1. The van der Waals surface area contributed by atoms with E-state index in [1.165, 1.54) is 0 Å². The van der Waals surface area contributed by atoms with Crippen molar-refractivity contribution in [2.75, 3.05) is 0 Å². The lowest BCUT2D eigenvalue weighted by molar-refractivity contribution is 0.527. The van der Waals surface area contributed by atoms with Crippen molar-refractivity contribution in [1.29, 1.82) is 0 Å². The summed E-state index contributed by atoms with van der Waals surface area (Å²) in [5.41, 5.74) is 0.352. The lowest BCUT2D eigenvalue weighted by Gasteiger charge is -2.13. The van der Waals surface area contributed by atoms with Gasteiger partial charge in [0.05, 0.1) is 4.83 Å². The standard InChI is InChI=1S/C13H7BrClF3/c14-13(7-2-1-3-8(15)4-7)12-10(17)5-9(16)6-11(12)18/h1-6,13H. The van der Waals surface area contributed by atoms with Gasteiger partial charge in [0, 0.05) is 22.7 Å². The van der Waals surface area contributed by atoms with Gasteiger partial charge in [0.2, 0.25) is 0 Å². The number of hydrogen-bond acceptors (Lipinski definition) is 0. The van der Waals surface area contributed by atoms with Crippen molar-refractivity contribution in [2.45, 2.75) is 4.83 Å². The van der Waals surface area contributed by atoms with Crippen LogP contribution < -0.4 is 0 Å². The number of alkyl halides is 1. The Kier molecular flexibility index (Phi) is 3.97. The first kappa shape index (κ1) is 13.4. The molecule has 0 bridgehead atoms. The molecule has 0 spiro atoms. The molecule has 0 fully saturated rings. The van der Waals surface area contributed by atoms with Gasteiger partial charge in [0.15, 0.2) is 0 Å². The number of rotatable bonds is 2. The van der Waals surface area contributed by atoms with E-state index < -0.39 is 22.3 Å². The van der Waals surface area contributed by atoms with E-state index in [1.54, 1.807) is 24.3 Å². The van der Waals surface area contributed by atoms with E-state index in [0.717, 1.165) is 0 Å². The first-order valence-corrected chi connectivity index (χ1v) is 6.32. The van der Waals surface area contributed by atoms with Gasteiger partial charge in [-0.1, -0.05) is 39.7 Å². The Morgan fingerprint density at radius 3 is 2.17 bits per heavy atom. The molecule has 18 heavy (non-hydrogen) atoms. The van der Waals surface area contributed by atoms with Crippen molar-refractivity contribution in [3.8, 4) is 0 Å². The van der Waals surface area contributed by atoms with Crippen LogP contribution in [0.2, 0.25) is 5.02 Å². The molecule has 0 radical (unpaired) electrons. The fourth-order valence-corrected chi connectivity index (χ4v) is 2.55. The maximum atomic E-state index is 13.6. The molecule has 0 aliphatic rings. The highest BCUT2D eigenvalue weighted by atomic mass is 79.9. The zero-order valence-corrected chi connectivity index (χ0v) is 11.3. The molecule has 94 valence electrons. The van der Waals surface area contributed by atoms with Crippen molar-refractivity contribution in [1.82, 2.24) is 0 Å². The van der Waals surface area contributed by atoms with Crippen molar-refractivity contribution < 1.29 is 13.2 Å². The highest BCUT2D eigenvalue weighted by Crippen LogP contribution is 2.35. The summed E-state index contributed by atoms with van der Waals surface area (Å²) in [5.74, 6) is -2.82. The lowest BCUT2D eigenvalue weighted by atomic mass is 10.0. The molecule has 2 rings (SSSR count). The zero-order valence-electron chi connectivity index (χ0n) is 8.93. The number of benzene rings is 2. The predicted octanol–water partition coefficient (Wildman–Crippen LogP) is 5.24. The van der Waals surface area contributed by atoms with E-state index in [4.69, 9.17) is 11.6 Å². The molecule has 0 N–H and O–H groups in total. The molecule has 0 amide bonds. The minimum Gasteiger partial charge on any atom is -0.207 e. The summed E-state index contributed by atoms with van der Waals surface area (Å²) in [5, 5.41) is 0.458. The largest absolute Gasteiger partial charge is 0.207 e. The topological polar surface area (TPSA) is 0 Å². The van der Waals surface area contributed by atoms with Crippen LogP contribution in [0.25, 0.3) is 0 Å². The first-order chi connectivity index (χ1) is 8.49. The van der Waals surface area contributed by atoms with E-state index >= 15 is 0 Å². The third kappa shape index (κ3) is 2.70. The van der Waals surface area contributed by atoms with Crippen LogP contribution in [-0.4, -0.2) is 0 Å². The molecule has 0 aromatic heterocycles. The van der Waals surface area contributed by atoms with Crippen molar-refractivity contribution >= 4 is 27.5 Å². The quantitative estimate of drug-likeness (QED) is 0.658. The van der Waals surface area contributed by atoms with Crippen molar-refractivity contribution in [2.24, 2.45) is 0 Å². The molecule has 1 atom stereocenters. The molecule has 1 unspecified atom stereocenters. The molecule has 0 aliphatic carbocycles. The monoisotopic (exact) mass is 334 g/mol. The highest BCUT2D eigenvalue weighted by Gasteiger charge is 2.20. The smallest absolute Gasteiger partial charge is 0.133 e. The zero-order chi connectivity index (χ0) is 13.3. The summed E-state index contributed by atoms with van der Waals surface area (Å²) in [4.78, 5) is -0.725. The van der Waals surface area contributed by atoms with Gasteiger partial charge in [-0.3, -0.25) is 0 Å². The maximum absolute atomic E-state index is 13.6. The van der Waals surface area contributed by atoms with Crippen LogP contribution in [0.4, 0.5) is 13.2 Å². The predicted molar refractivity (Wildman–Crippen MR) is 68.5 cm³/mol. The van der Waals surface area contributed by atoms with Crippen LogP contribution in [0.5, 0.6) is 0 Å². The molecule has 0 heterocycles. The Labute approximate surface area is 116 Å². The first-order valence-electron chi connectivity index (χ1n) is 5.03. The van der Waals surface area contributed by atoms with Gasteiger partial charge >= 0.3 is 0 Å². The molecule has 0 aliphatic heterocycles. The van der Waals surface area contributed by atoms with Crippen LogP contribution in [0.1, 0.15) is 16.0 Å². The Morgan fingerprint density at radius 1 is 1.00 bits per heavy atom. The summed E-state index contributed by atoms with van der Waals surface area (Å²) < 4.78 is 40.0. The third-order valence-electron chi connectivity index (χ3n) is 2.44. The second-order valence-electron chi connectivity index (χ2n) is 3.70. The minimum atomic E-state index is -0.945. The Morgan fingerprint density at radius 2 is 1.61 bits per heavy atom. The van der Waals surface area contributed by atoms with Gasteiger partial charge in [-0.05, 0) is 17.7 Å². The molecule has 0 saturated carbocycles. The van der Waals surface area contributed by atoms with E-state index in [0.29, 0.717) is 22.7 Å². The van der Waals surface area contributed by atoms with Gasteiger partial charge in [0.1, 0.15) is 17.5 Å². The molecule has 0 nitrogen and oxygen atoms in total. The van der Waals surface area contributed by atoms with Crippen molar-refractivity contribution in [3.05, 3.63) is 70.0 Å². The van der Waals surface area contributed by atoms with E-state index in [1.807, 2.05) is 0 Å². The molecule has 2 aromatic rings. The summed E-state index contributed by atoms with van der Waals surface area (Å²) in [7, 11) is 0. The van der Waals surface area contributed by atoms with E-state index in [-0.39, 0.29) is 5.56 Å². The summed E-state index contributed by atoms with van der Waals surface area (Å²) in [6.07, 6.45) is 0. The van der Waals surface area contributed by atoms with Crippen LogP contribution in [-0.2, 0) is 0 Å². The van der Waals surface area contributed by atoms with Crippen molar-refractivity contribution in [3.63, 3.8) is 0 Å². The van der Waals surface area contributed by atoms with Crippen LogP contribution in [0.15, 0.2) is 36.4 Å². The lowest BCUT2D eigenvalue weighted by Crippen LogP contribution is -2.01. The minimum absolute atomic E-state index is 0.237. The van der Waals surface area contributed by atoms with Gasteiger partial charge in [-0.15, -0.1) is 0 Å². The third-order valence-corrected chi connectivity index (χ3v) is 3.66. The van der Waals surface area contributed by atoms with Gasteiger partial charge in [0.25, 0.3) is 0 Å². The molecular formula is C13H7BrClF3. The second-order valence-corrected chi connectivity index (χ2v) is 5.05. The number of halogens is 5. The Hall–Kier alpha value is -1.00. The summed E-state index contributed by atoms with van der Waals surface area (Å²) in [6.45, 7) is 0. The van der Waals surface area contributed by atoms with E-state index in [9.17, 15) is 13.2 Å². The molecular weight excluding hydrogens is 328 g/mol. The Bertz CT molecular complexity index is 563. The molecule has 5 heteroatoms. The average molecular weight is 336 g/mol. The summed E-state index contributed by atoms with van der Waals surface area (Å²) in [6, 6.07) is 7.89. The molecule has 2 aromatic carbocycles. The highest BCUT2D eigenvalue weighted by molar-refractivity contribution is 9.09. The maximum Gasteiger partial charge on any atom is 0.133 e. The van der Waals surface area contributed by atoms with Crippen LogP contribution >= 0.6 is 27.5 Å². The van der Waals surface area contributed by atoms with Gasteiger partial charge in [-0.2, -0.15) is 0 Å².